The van der Waals surface area contributed by atoms with E-state index in [-0.39, 0.29) is 5.82 Å². The Labute approximate surface area is 84.0 Å². The van der Waals surface area contributed by atoms with Crippen LogP contribution < -0.4 is 4.90 Å². The Hall–Kier alpha value is -0.700. The van der Waals surface area contributed by atoms with Crippen molar-refractivity contribution in [1.29, 1.82) is 0 Å². The number of nitrogens with zero attached hydrogens (tertiary/aromatic N) is 1. The SMILES string of the molecule is CCN(CCS)c1cccc(F)c1. The van der Waals surface area contributed by atoms with Crippen LogP contribution in [0.25, 0.3) is 0 Å². The summed E-state index contributed by atoms with van der Waals surface area (Å²) in [5, 5.41) is 0. The Kier molecular flexibility index (Phi) is 4.09. The fourth-order valence-electron chi connectivity index (χ4n) is 1.26. The molecule has 0 spiro atoms. The topological polar surface area (TPSA) is 3.24 Å². The molecule has 1 aromatic rings. The van der Waals surface area contributed by atoms with Crippen LogP contribution in [0.2, 0.25) is 0 Å². The highest BCUT2D eigenvalue weighted by Crippen LogP contribution is 2.14. The lowest BCUT2D eigenvalue weighted by Gasteiger charge is -2.21. The standard InChI is InChI=1S/C10H14FNS/c1-2-12(6-7-13)10-5-3-4-9(11)8-10/h3-5,8,13H,2,6-7H2,1H3. The normalized spacial score (nSPS) is 10.1. The fraction of sp³-hybridized carbons (Fsp3) is 0.400. The zero-order chi connectivity index (χ0) is 9.68. The molecule has 0 aliphatic heterocycles. The minimum atomic E-state index is -0.185. The highest BCUT2D eigenvalue weighted by molar-refractivity contribution is 7.80. The Morgan fingerprint density at radius 3 is 2.77 bits per heavy atom. The van der Waals surface area contributed by atoms with Crippen LogP contribution in [-0.4, -0.2) is 18.8 Å². The number of thiol groups is 1. The van der Waals surface area contributed by atoms with Gasteiger partial charge in [-0.25, -0.2) is 4.39 Å². The molecule has 0 fully saturated rings. The Balaban J connectivity index is 2.78. The zero-order valence-electron chi connectivity index (χ0n) is 7.70. The van der Waals surface area contributed by atoms with E-state index in [4.69, 9.17) is 0 Å². The van der Waals surface area contributed by atoms with Gasteiger partial charge in [-0.1, -0.05) is 6.07 Å². The molecule has 1 nitrogen and oxygen atoms in total. The van der Waals surface area contributed by atoms with Gasteiger partial charge in [-0.05, 0) is 25.1 Å². The molecule has 0 aromatic heterocycles. The summed E-state index contributed by atoms with van der Waals surface area (Å²) < 4.78 is 12.9. The highest BCUT2D eigenvalue weighted by Gasteiger charge is 2.02. The molecule has 0 saturated heterocycles. The number of benzene rings is 1. The largest absolute Gasteiger partial charge is 0.371 e. The van der Waals surface area contributed by atoms with Crippen molar-refractivity contribution in [3.8, 4) is 0 Å². The van der Waals surface area contributed by atoms with Crippen LogP contribution in [0.1, 0.15) is 6.92 Å². The summed E-state index contributed by atoms with van der Waals surface area (Å²) in [5.74, 6) is 0.597. The summed E-state index contributed by atoms with van der Waals surface area (Å²) >= 11 is 4.15. The first kappa shape index (κ1) is 10.4. The molecule has 0 unspecified atom stereocenters. The minimum Gasteiger partial charge on any atom is -0.371 e. The summed E-state index contributed by atoms with van der Waals surface area (Å²) in [7, 11) is 0. The second-order valence-electron chi connectivity index (χ2n) is 2.78. The van der Waals surface area contributed by atoms with Crippen molar-refractivity contribution in [2.24, 2.45) is 0 Å². The molecule has 0 aliphatic carbocycles. The van der Waals surface area contributed by atoms with Crippen molar-refractivity contribution in [3.63, 3.8) is 0 Å². The van der Waals surface area contributed by atoms with Crippen molar-refractivity contribution in [2.75, 3.05) is 23.7 Å². The number of rotatable bonds is 4. The molecule has 0 amide bonds. The van der Waals surface area contributed by atoms with E-state index in [0.29, 0.717) is 0 Å². The van der Waals surface area contributed by atoms with Crippen LogP contribution in [-0.2, 0) is 0 Å². The molecule has 13 heavy (non-hydrogen) atoms. The maximum Gasteiger partial charge on any atom is 0.125 e. The van der Waals surface area contributed by atoms with Crippen molar-refractivity contribution in [2.45, 2.75) is 6.92 Å². The van der Waals surface area contributed by atoms with Gasteiger partial charge in [0.25, 0.3) is 0 Å². The molecule has 0 heterocycles. The van der Waals surface area contributed by atoms with Crippen LogP contribution in [0.15, 0.2) is 24.3 Å². The molecule has 0 aliphatic rings. The molecule has 0 N–H and O–H groups in total. The predicted molar refractivity (Wildman–Crippen MR) is 58.1 cm³/mol. The van der Waals surface area contributed by atoms with E-state index in [2.05, 4.69) is 17.5 Å². The van der Waals surface area contributed by atoms with E-state index in [1.165, 1.54) is 6.07 Å². The fourth-order valence-corrected chi connectivity index (χ4v) is 1.50. The Morgan fingerprint density at radius 1 is 1.46 bits per heavy atom. The molecule has 3 heteroatoms. The van der Waals surface area contributed by atoms with Crippen molar-refractivity contribution < 1.29 is 4.39 Å². The first-order valence-electron chi connectivity index (χ1n) is 4.39. The molecular formula is C10H14FNS. The Morgan fingerprint density at radius 2 is 2.23 bits per heavy atom. The molecule has 0 radical (unpaired) electrons. The van der Waals surface area contributed by atoms with Crippen molar-refractivity contribution >= 4 is 18.3 Å². The second-order valence-corrected chi connectivity index (χ2v) is 3.23. The predicted octanol–water partition coefficient (Wildman–Crippen LogP) is 2.58. The third-order valence-electron chi connectivity index (χ3n) is 1.92. The van der Waals surface area contributed by atoms with E-state index in [1.54, 1.807) is 12.1 Å². The first-order chi connectivity index (χ1) is 6.27. The highest BCUT2D eigenvalue weighted by atomic mass is 32.1. The van der Waals surface area contributed by atoms with Crippen LogP contribution >= 0.6 is 12.6 Å². The average Bonchev–Trinajstić information content (AvgIpc) is 2.14. The van der Waals surface area contributed by atoms with Crippen molar-refractivity contribution in [3.05, 3.63) is 30.1 Å². The van der Waals surface area contributed by atoms with Gasteiger partial charge in [-0.3, -0.25) is 0 Å². The number of halogens is 1. The molecule has 0 saturated carbocycles. The number of hydrogen-bond acceptors (Lipinski definition) is 2. The van der Waals surface area contributed by atoms with Gasteiger partial charge in [-0.2, -0.15) is 12.6 Å². The van der Waals surface area contributed by atoms with Gasteiger partial charge < -0.3 is 4.90 Å². The van der Waals surface area contributed by atoms with E-state index in [1.807, 2.05) is 13.0 Å². The number of hydrogen-bond donors (Lipinski definition) is 1. The summed E-state index contributed by atoms with van der Waals surface area (Å²) in [6.45, 7) is 3.78. The molecule has 1 rings (SSSR count). The lowest BCUT2D eigenvalue weighted by molar-refractivity contribution is 0.627. The van der Waals surface area contributed by atoms with Crippen LogP contribution in [0, 0.1) is 5.82 Å². The quantitative estimate of drug-likeness (QED) is 0.729. The van der Waals surface area contributed by atoms with Crippen LogP contribution in [0.3, 0.4) is 0 Å². The van der Waals surface area contributed by atoms with E-state index in [0.717, 1.165) is 24.5 Å². The van der Waals surface area contributed by atoms with Gasteiger partial charge in [0.05, 0.1) is 0 Å². The van der Waals surface area contributed by atoms with Crippen LogP contribution in [0.4, 0.5) is 10.1 Å². The maximum atomic E-state index is 12.9. The monoisotopic (exact) mass is 199 g/mol. The summed E-state index contributed by atoms with van der Waals surface area (Å²) in [6, 6.07) is 6.65. The third-order valence-corrected chi connectivity index (χ3v) is 2.12. The van der Waals surface area contributed by atoms with E-state index < -0.39 is 0 Å². The maximum absolute atomic E-state index is 12.9. The summed E-state index contributed by atoms with van der Waals surface area (Å²) in [5.41, 5.74) is 0.927. The average molecular weight is 199 g/mol. The lowest BCUT2D eigenvalue weighted by atomic mass is 10.3. The van der Waals surface area contributed by atoms with Crippen molar-refractivity contribution in [1.82, 2.24) is 0 Å². The third kappa shape index (κ3) is 2.92. The number of anilines is 1. The van der Waals surface area contributed by atoms with E-state index in [9.17, 15) is 4.39 Å². The van der Waals surface area contributed by atoms with E-state index >= 15 is 0 Å². The first-order valence-corrected chi connectivity index (χ1v) is 5.02. The smallest absolute Gasteiger partial charge is 0.125 e. The molecule has 1 aromatic carbocycles. The zero-order valence-corrected chi connectivity index (χ0v) is 8.60. The molecular weight excluding hydrogens is 185 g/mol. The lowest BCUT2D eigenvalue weighted by Crippen LogP contribution is -2.24. The molecule has 0 bridgehead atoms. The van der Waals surface area contributed by atoms with Crippen LogP contribution in [0.5, 0.6) is 0 Å². The van der Waals surface area contributed by atoms with Gasteiger partial charge in [0.15, 0.2) is 0 Å². The minimum absolute atomic E-state index is 0.185. The van der Waals surface area contributed by atoms with Gasteiger partial charge in [-0.15, -0.1) is 0 Å². The van der Waals surface area contributed by atoms with Gasteiger partial charge in [0, 0.05) is 24.5 Å². The Bertz CT molecular complexity index is 265. The second kappa shape index (κ2) is 5.12. The summed E-state index contributed by atoms with van der Waals surface area (Å²) in [6.07, 6.45) is 0. The van der Waals surface area contributed by atoms with Gasteiger partial charge in [0.1, 0.15) is 5.82 Å². The summed E-state index contributed by atoms with van der Waals surface area (Å²) in [4.78, 5) is 2.09. The molecule has 0 atom stereocenters. The molecule has 72 valence electrons. The van der Waals surface area contributed by atoms with Gasteiger partial charge in [0.2, 0.25) is 0 Å². The van der Waals surface area contributed by atoms with Gasteiger partial charge >= 0.3 is 0 Å².